The minimum atomic E-state index is -0.296. The van der Waals surface area contributed by atoms with Crippen LogP contribution in [-0.4, -0.2) is 11.0 Å². The second-order valence-electron chi connectivity index (χ2n) is 4.97. The summed E-state index contributed by atoms with van der Waals surface area (Å²) in [6.45, 7) is 4.08. The predicted molar refractivity (Wildman–Crippen MR) is 69.9 cm³/mol. The lowest BCUT2D eigenvalue weighted by Gasteiger charge is -2.08. The fourth-order valence-electron chi connectivity index (χ4n) is 2.00. The number of fused-ring (bicyclic) bond motifs is 1. The molecule has 0 bridgehead atoms. The van der Waals surface area contributed by atoms with Gasteiger partial charge < -0.3 is 10.2 Å². The Morgan fingerprint density at radius 3 is 2.83 bits per heavy atom. The van der Waals surface area contributed by atoms with E-state index in [2.05, 4.69) is 11.9 Å². The van der Waals surface area contributed by atoms with Gasteiger partial charge in [-0.25, -0.2) is 9.37 Å². The van der Waals surface area contributed by atoms with Crippen molar-refractivity contribution in [1.82, 2.24) is 4.98 Å². The van der Waals surface area contributed by atoms with Gasteiger partial charge in [0.1, 0.15) is 11.3 Å². The molecule has 98 valence electrons. The first-order chi connectivity index (χ1) is 8.56. The Balaban J connectivity index is 2.06. The topological polar surface area (TPSA) is 52.0 Å². The molecule has 3 nitrogen and oxygen atoms in total. The summed E-state index contributed by atoms with van der Waals surface area (Å²) in [5.74, 6) is 0.620. The standard InChI is InChI=1S/C14H19FN2O/c1-9(4-3-5-10(2)16)14-17-12-7-6-11(15)8-13(12)18-14/h6-10H,3-5,16H2,1-2H3. The number of benzene rings is 1. The van der Waals surface area contributed by atoms with Gasteiger partial charge in [-0.2, -0.15) is 0 Å². The van der Waals surface area contributed by atoms with Gasteiger partial charge >= 0.3 is 0 Å². The van der Waals surface area contributed by atoms with Gasteiger partial charge in [0.15, 0.2) is 11.5 Å². The Bertz CT molecular complexity index is 521. The number of hydrogen-bond donors (Lipinski definition) is 1. The third-order valence-electron chi connectivity index (χ3n) is 3.09. The molecular weight excluding hydrogens is 231 g/mol. The van der Waals surface area contributed by atoms with Crippen LogP contribution < -0.4 is 5.73 Å². The second kappa shape index (κ2) is 5.48. The maximum absolute atomic E-state index is 13.0. The highest BCUT2D eigenvalue weighted by Crippen LogP contribution is 2.25. The molecule has 0 saturated carbocycles. The van der Waals surface area contributed by atoms with E-state index in [0.717, 1.165) is 19.3 Å². The van der Waals surface area contributed by atoms with Crippen LogP contribution in [0, 0.1) is 5.82 Å². The van der Waals surface area contributed by atoms with E-state index in [-0.39, 0.29) is 17.8 Å². The number of rotatable bonds is 5. The molecule has 0 radical (unpaired) electrons. The number of nitrogens with zero attached hydrogens (tertiary/aromatic N) is 1. The molecule has 1 aromatic carbocycles. The highest BCUT2D eigenvalue weighted by molar-refractivity contribution is 5.72. The average Bonchev–Trinajstić information content (AvgIpc) is 2.71. The second-order valence-corrected chi connectivity index (χ2v) is 4.97. The third kappa shape index (κ3) is 3.07. The van der Waals surface area contributed by atoms with Crippen molar-refractivity contribution < 1.29 is 8.81 Å². The molecule has 1 heterocycles. The third-order valence-corrected chi connectivity index (χ3v) is 3.09. The van der Waals surface area contributed by atoms with Gasteiger partial charge in [0.2, 0.25) is 0 Å². The monoisotopic (exact) mass is 250 g/mol. The molecule has 2 aromatic rings. The van der Waals surface area contributed by atoms with E-state index < -0.39 is 0 Å². The zero-order valence-electron chi connectivity index (χ0n) is 10.8. The molecule has 2 N–H and O–H groups in total. The Morgan fingerprint density at radius 2 is 2.11 bits per heavy atom. The fraction of sp³-hybridized carbons (Fsp3) is 0.500. The van der Waals surface area contributed by atoms with E-state index >= 15 is 0 Å². The number of aromatic nitrogens is 1. The van der Waals surface area contributed by atoms with Gasteiger partial charge in [-0.1, -0.05) is 13.3 Å². The Hall–Kier alpha value is -1.42. The van der Waals surface area contributed by atoms with Gasteiger partial charge in [-0.3, -0.25) is 0 Å². The summed E-state index contributed by atoms with van der Waals surface area (Å²) < 4.78 is 18.6. The van der Waals surface area contributed by atoms with Crippen LogP contribution in [0.3, 0.4) is 0 Å². The van der Waals surface area contributed by atoms with Crippen molar-refractivity contribution in [1.29, 1.82) is 0 Å². The van der Waals surface area contributed by atoms with Crippen LogP contribution in [-0.2, 0) is 0 Å². The number of hydrogen-bond acceptors (Lipinski definition) is 3. The van der Waals surface area contributed by atoms with Crippen LogP contribution in [0.25, 0.3) is 11.1 Å². The van der Waals surface area contributed by atoms with Crippen molar-refractivity contribution in [2.75, 3.05) is 0 Å². The summed E-state index contributed by atoms with van der Waals surface area (Å²) in [6, 6.07) is 4.65. The largest absolute Gasteiger partial charge is 0.440 e. The molecule has 1 aromatic heterocycles. The van der Waals surface area contributed by atoms with Crippen LogP contribution in [0.2, 0.25) is 0 Å². The molecule has 4 heteroatoms. The maximum atomic E-state index is 13.0. The molecule has 0 aliphatic heterocycles. The van der Waals surface area contributed by atoms with Gasteiger partial charge in [0.05, 0.1) is 0 Å². The van der Waals surface area contributed by atoms with Gasteiger partial charge in [0.25, 0.3) is 0 Å². The van der Waals surface area contributed by atoms with Crippen LogP contribution in [0.4, 0.5) is 4.39 Å². The molecule has 0 aliphatic carbocycles. The number of halogens is 1. The van der Waals surface area contributed by atoms with Crippen LogP contribution in [0.15, 0.2) is 22.6 Å². The summed E-state index contributed by atoms with van der Waals surface area (Å²) in [5.41, 5.74) is 6.95. The quantitative estimate of drug-likeness (QED) is 0.882. The first-order valence-electron chi connectivity index (χ1n) is 6.38. The normalized spacial score (nSPS) is 14.9. The summed E-state index contributed by atoms with van der Waals surface area (Å²) in [7, 11) is 0. The van der Waals surface area contributed by atoms with Crippen molar-refractivity contribution in [3.8, 4) is 0 Å². The van der Waals surface area contributed by atoms with Crippen LogP contribution in [0.5, 0.6) is 0 Å². The Morgan fingerprint density at radius 1 is 1.33 bits per heavy atom. The maximum Gasteiger partial charge on any atom is 0.198 e. The van der Waals surface area contributed by atoms with Gasteiger partial charge in [-0.05, 0) is 31.9 Å². The van der Waals surface area contributed by atoms with Crippen molar-refractivity contribution in [2.45, 2.75) is 45.1 Å². The lowest BCUT2D eigenvalue weighted by atomic mass is 10.0. The van der Waals surface area contributed by atoms with E-state index in [0.29, 0.717) is 17.0 Å². The number of oxazole rings is 1. The minimum Gasteiger partial charge on any atom is -0.440 e. The molecule has 2 unspecified atom stereocenters. The number of nitrogens with two attached hydrogens (primary N) is 1. The molecule has 0 aliphatic rings. The predicted octanol–water partition coefficient (Wildman–Crippen LogP) is 3.59. The molecule has 0 amide bonds. The molecule has 0 fully saturated rings. The first-order valence-corrected chi connectivity index (χ1v) is 6.38. The van der Waals surface area contributed by atoms with E-state index in [1.165, 1.54) is 12.1 Å². The minimum absolute atomic E-state index is 0.231. The first kappa shape index (κ1) is 13.0. The highest BCUT2D eigenvalue weighted by atomic mass is 19.1. The lowest BCUT2D eigenvalue weighted by molar-refractivity contribution is 0.451. The zero-order chi connectivity index (χ0) is 13.1. The molecule has 2 rings (SSSR count). The summed E-state index contributed by atoms with van der Waals surface area (Å²) >= 11 is 0. The summed E-state index contributed by atoms with van der Waals surface area (Å²) in [6.07, 6.45) is 3.03. The lowest BCUT2D eigenvalue weighted by Crippen LogP contribution is -2.14. The van der Waals surface area contributed by atoms with Crippen LogP contribution in [0.1, 0.15) is 44.9 Å². The molecule has 2 atom stereocenters. The molecular formula is C14H19FN2O. The average molecular weight is 250 g/mol. The smallest absolute Gasteiger partial charge is 0.198 e. The van der Waals surface area contributed by atoms with Crippen molar-refractivity contribution in [3.05, 3.63) is 29.9 Å². The van der Waals surface area contributed by atoms with Crippen molar-refractivity contribution >= 4 is 11.1 Å². The highest BCUT2D eigenvalue weighted by Gasteiger charge is 2.13. The Labute approximate surface area is 106 Å². The van der Waals surface area contributed by atoms with Crippen molar-refractivity contribution in [2.24, 2.45) is 5.73 Å². The fourth-order valence-corrected chi connectivity index (χ4v) is 2.00. The van der Waals surface area contributed by atoms with E-state index in [4.69, 9.17) is 10.2 Å². The summed E-state index contributed by atoms with van der Waals surface area (Å²) in [5, 5.41) is 0. The molecule has 0 spiro atoms. The van der Waals surface area contributed by atoms with Gasteiger partial charge in [-0.15, -0.1) is 0 Å². The Kier molecular flexibility index (Phi) is 3.97. The van der Waals surface area contributed by atoms with Crippen LogP contribution >= 0.6 is 0 Å². The molecule has 0 saturated heterocycles. The zero-order valence-corrected chi connectivity index (χ0v) is 10.8. The van der Waals surface area contributed by atoms with E-state index in [9.17, 15) is 4.39 Å². The SMILES string of the molecule is CC(N)CCCC(C)c1nc2ccc(F)cc2o1. The summed E-state index contributed by atoms with van der Waals surface area (Å²) in [4.78, 5) is 4.39. The van der Waals surface area contributed by atoms with Crippen molar-refractivity contribution in [3.63, 3.8) is 0 Å². The van der Waals surface area contributed by atoms with E-state index in [1.54, 1.807) is 6.07 Å². The van der Waals surface area contributed by atoms with Gasteiger partial charge in [0, 0.05) is 18.0 Å². The van der Waals surface area contributed by atoms with E-state index in [1.807, 2.05) is 6.92 Å². The molecule has 18 heavy (non-hydrogen) atoms.